The van der Waals surface area contributed by atoms with E-state index < -0.39 is 0 Å². The zero-order valence-corrected chi connectivity index (χ0v) is 25.1. The van der Waals surface area contributed by atoms with Crippen LogP contribution in [0, 0.1) is 0 Å². The molecule has 0 fully saturated rings. The maximum Gasteiger partial charge on any atom is 0.136 e. The Bertz CT molecular complexity index is 2500. The molecule has 9 rings (SSSR count). The third-order valence-corrected chi connectivity index (χ3v) is 9.04. The Hall–Kier alpha value is -6.12. The fourth-order valence-corrected chi connectivity index (χ4v) is 6.74. The van der Waals surface area contributed by atoms with E-state index in [0.29, 0.717) is 0 Å². The van der Waals surface area contributed by atoms with E-state index in [0.717, 1.165) is 39.0 Å². The number of fused-ring (bicyclic) bond motifs is 5. The second-order valence-corrected chi connectivity index (χ2v) is 11.8. The number of para-hydroxylation sites is 2. The van der Waals surface area contributed by atoms with Gasteiger partial charge in [-0.25, -0.2) is 0 Å². The Kier molecular flexibility index (Phi) is 6.17. The molecule has 2 heteroatoms. The van der Waals surface area contributed by atoms with Gasteiger partial charge in [-0.3, -0.25) is 0 Å². The van der Waals surface area contributed by atoms with E-state index in [1.165, 1.54) is 43.8 Å². The summed E-state index contributed by atoms with van der Waals surface area (Å²) < 4.78 is 6.18. The molecule has 0 unspecified atom stereocenters. The summed E-state index contributed by atoms with van der Waals surface area (Å²) >= 11 is 0. The van der Waals surface area contributed by atoms with Gasteiger partial charge in [-0.05, 0) is 104 Å². The van der Waals surface area contributed by atoms with Crippen molar-refractivity contribution >= 4 is 60.5 Å². The first-order valence-corrected chi connectivity index (χ1v) is 15.7. The first-order chi connectivity index (χ1) is 22.8. The first-order valence-electron chi connectivity index (χ1n) is 15.7. The van der Waals surface area contributed by atoms with Gasteiger partial charge in [0, 0.05) is 27.8 Å². The standard InChI is InChI=1S/C44H29NO/c1-2-11-36(12-3-1)45(38-25-21-32(22-26-38)40-15-8-10-31-9-4-5-13-39(31)40)37-23-19-30(20-24-37)33-17-18-34-28-42-41-14-6-7-16-43(41)46-44(42)29-35(34)27-33/h1-29H. The molecule has 0 aliphatic carbocycles. The minimum absolute atomic E-state index is 0.922. The van der Waals surface area contributed by atoms with Gasteiger partial charge in [0.2, 0.25) is 0 Å². The molecule has 2 nitrogen and oxygen atoms in total. The molecule has 0 bridgehead atoms. The van der Waals surface area contributed by atoms with Crippen molar-refractivity contribution in [2.24, 2.45) is 0 Å². The molecule has 1 heterocycles. The van der Waals surface area contributed by atoms with Crippen molar-refractivity contribution in [1.29, 1.82) is 0 Å². The molecule has 0 aliphatic rings. The van der Waals surface area contributed by atoms with E-state index in [-0.39, 0.29) is 0 Å². The highest BCUT2D eigenvalue weighted by Gasteiger charge is 2.14. The van der Waals surface area contributed by atoms with Crippen LogP contribution in [0.3, 0.4) is 0 Å². The molecular weight excluding hydrogens is 558 g/mol. The average Bonchev–Trinajstić information content (AvgIpc) is 3.49. The van der Waals surface area contributed by atoms with Crippen LogP contribution < -0.4 is 4.90 Å². The Morgan fingerprint density at radius 1 is 0.326 bits per heavy atom. The zero-order valence-electron chi connectivity index (χ0n) is 25.1. The van der Waals surface area contributed by atoms with Crippen LogP contribution in [0.1, 0.15) is 0 Å². The second-order valence-electron chi connectivity index (χ2n) is 11.8. The smallest absolute Gasteiger partial charge is 0.136 e. The third-order valence-electron chi connectivity index (χ3n) is 9.04. The average molecular weight is 588 g/mol. The van der Waals surface area contributed by atoms with Gasteiger partial charge in [0.15, 0.2) is 0 Å². The van der Waals surface area contributed by atoms with Crippen LogP contribution in [0.5, 0.6) is 0 Å². The van der Waals surface area contributed by atoms with Crippen molar-refractivity contribution in [3.05, 3.63) is 176 Å². The van der Waals surface area contributed by atoms with Gasteiger partial charge in [-0.2, -0.15) is 0 Å². The Balaban J connectivity index is 1.07. The lowest BCUT2D eigenvalue weighted by molar-refractivity contribution is 0.669. The summed E-state index contributed by atoms with van der Waals surface area (Å²) in [5, 5.41) is 7.22. The molecule has 0 aliphatic heterocycles. The lowest BCUT2D eigenvalue weighted by Gasteiger charge is -2.26. The van der Waals surface area contributed by atoms with E-state index >= 15 is 0 Å². The van der Waals surface area contributed by atoms with E-state index in [2.05, 4.69) is 169 Å². The van der Waals surface area contributed by atoms with E-state index in [9.17, 15) is 0 Å². The van der Waals surface area contributed by atoms with E-state index in [4.69, 9.17) is 4.42 Å². The predicted molar refractivity (Wildman–Crippen MR) is 194 cm³/mol. The number of rotatable bonds is 5. The predicted octanol–water partition coefficient (Wildman–Crippen LogP) is 12.7. The molecule has 0 amide bonds. The molecule has 1 aromatic heterocycles. The number of nitrogens with zero attached hydrogens (tertiary/aromatic N) is 1. The topological polar surface area (TPSA) is 16.4 Å². The Morgan fingerprint density at radius 2 is 0.957 bits per heavy atom. The summed E-state index contributed by atoms with van der Waals surface area (Å²) in [7, 11) is 0. The number of benzene rings is 8. The maximum atomic E-state index is 6.18. The monoisotopic (exact) mass is 587 g/mol. The zero-order chi connectivity index (χ0) is 30.5. The van der Waals surface area contributed by atoms with Crippen LogP contribution in [0.2, 0.25) is 0 Å². The van der Waals surface area contributed by atoms with Crippen LogP contribution in [0.4, 0.5) is 17.1 Å². The first kappa shape index (κ1) is 26.3. The number of furan rings is 1. The van der Waals surface area contributed by atoms with Crippen molar-refractivity contribution in [3.63, 3.8) is 0 Å². The van der Waals surface area contributed by atoms with Crippen LogP contribution in [-0.2, 0) is 0 Å². The molecule has 0 spiro atoms. The second kappa shape index (κ2) is 10.8. The van der Waals surface area contributed by atoms with Gasteiger partial charge >= 0.3 is 0 Å². The lowest BCUT2D eigenvalue weighted by atomic mass is 9.98. The molecule has 0 N–H and O–H groups in total. The Labute approximate surface area is 267 Å². The largest absolute Gasteiger partial charge is 0.456 e. The van der Waals surface area contributed by atoms with Gasteiger partial charge in [0.25, 0.3) is 0 Å². The van der Waals surface area contributed by atoms with Crippen molar-refractivity contribution in [2.45, 2.75) is 0 Å². The molecule has 9 aromatic rings. The molecule has 0 radical (unpaired) electrons. The summed E-state index contributed by atoms with van der Waals surface area (Å²) in [5.74, 6) is 0. The van der Waals surface area contributed by atoms with Crippen molar-refractivity contribution in [3.8, 4) is 22.3 Å². The quantitative estimate of drug-likeness (QED) is 0.199. The fourth-order valence-electron chi connectivity index (χ4n) is 6.74. The van der Waals surface area contributed by atoms with Crippen molar-refractivity contribution in [1.82, 2.24) is 0 Å². The molecule has 0 atom stereocenters. The normalized spacial score (nSPS) is 11.5. The maximum absolute atomic E-state index is 6.18. The summed E-state index contributed by atoms with van der Waals surface area (Å²) in [6.07, 6.45) is 0. The molecular formula is C44H29NO. The van der Waals surface area contributed by atoms with Crippen LogP contribution in [-0.4, -0.2) is 0 Å². The van der Waals surface area contributed by atoms with Gasteiger partial charge in [-0.1, -0.05) is 115 Å². The van der Waals surface area contributed by atoms with Crippen LogP contribution in [0.15, 0.2) is 180 Å². The molecule has 8 aromatic carbocycles. The summed E-state index contributed by atoms with van der Waals surface area (Å²) in [6, 6.07) is 62.8. The molecule has 0 saturated carbocycles. The highest BCUT2D eigenvalue weighted by atomic mass is 16.3. The number of hydrogen-bond donors (Lipinski definition) is 0. The summed E-state index contributed by atoms with van der Waals surface area (Å²) in [5.41, 5.74) is 10.0. The summed E-state index contributed by atoms with van der Waals surface area (Å²) in [6.45, 7) is 0. The van der Waals surface area contributed by atoms with Crippen molar-refractivity contribution < 1.29 is 4.42 Å². The molecule has 46 heavy (non-hydrogen) atoms. The third kappa shape index (κ3) is 4.51. The molecule has 216 valence electrons. The van der Waals surface area contributed by atoms with Gasteiger partial charge in [-0.15, -0.1) is 0 Å². The van der Waals surface area contributed by atoms with Crippen molar-refractivity contribution in [2.75, 3.05) is 4.90 Å². The highest BCUT2D eigenvalue weighted by Crippen LogP contribution is 2.38. The van der Waals surface area contributed by atoms with Gasteiger partial charge < -0.3 is 9.32 Å². The van der Waals surface area contributed by atoms with Gasteiger partial charge in [0.05, 0.1) is 0 Å². The van der Waals surface area contributed by atoms with Gasteiger partial charge in [0.1, 0.15) is 11.2 Å². The molecule has 0 saturated heterocycles. The minimum atomic E-state index is 0.922. The number of anilines is 3. The summed E-state index contributed by atoms with van der Waals surface area (Å²) in [4.78, 5) is 2.31. The highest BCUT2D eigenvalue weighted by molar-refractivity contribution is 6.10. The SMILES string of the molecule is c1ccc(N(c2ccc(-c3ccc4cc5c(cc4c3)oc3ccccc35)cc2)c2ccc(-c3cccc4ccccc34)cc2)cc1. The fraction of sp³-hybridized carbons (Fsp3) is 0. The van der Waals surface area contributed by atoms with E-state index in [1.807, 2.05) is 12.1 Å². The van der Waals surface area contributed by atoms with Crippen LogP contribution in [0.25, 0.3) is 65.7 Å². The van der Waals surface area contributed by atoms with E-state index in [1.54, 1.807) is 0 Å². The van der Waals surface area contributed by atoms with Crippen LogP contribution >= 0.6 is 0 Å². The Morgan fingerprint density at radius 3 is 1.76 bits per heavy atom. The lowest BCUT2D eigenvalue weighted by Crippen LogP contribution is -2.09. The minimum Gasteiger partial charge on any atom is -0.456 e. The number of hydrogen-bond acceptors (Lipinski definition) is 2.